The van der Waals surface area contributed by atoms with Gasteiger partial charge in [0.05, 0.1) is 0 Å². The van der Waals surface area contributed by atoms with Crippen molar-refractivity contribution in [3.8, 4) is 0 Å². The number of rotatable bonds is 4. The number of urea groups is 1. The molecule has 1 aliphatic carbocycles. The van der Waals surface area contributed by atoms with Crippen LogP contribution >= 0.6 is 0 Å². The third-order valence-electron chi connectivity index (χ3n) is 3.57. The molecule has 0 radical (unpaired) electrons. The quantitative estimate of drug-likeness (QED) is 0.731. The molecular weight excluding hydrogens is 240 g/mol. The van der Waals surface area contributed by atoms with Crippen molar-refractivity contribution in [1.82, 2.24) is 9.80 Å². The van der Waals surface area contributed by atoms with Crippen molar-refractivity contribution in [3.05, 3.63) is 23.9 Å². The Labute approximate surface area is 114 Å². The highest BCUT2D eigenvalue weighted by atomic mass is 16.2. The van der Waals surface area contributed by atoms with Crippen molar-refractivity contribution in [2.45, 2.75) is 46.1 Å². The maximum Gasteiger partial charge on any atom is 0.331 e. The standard InChI is InChI=1S/C15H22N2O2/c1-4-10-16-14(18)13(11(2)3)17(15(16)19)12-8-6-5-7-9-12/h6,8-9,11,13H,4-5,7,10H2,1-3H3. The molecule has 4 heteroatoms. The Hall–Kier alpha value is -1.58. The number of nitrogens with zero attached hydrogens (tertiary/aromatic N) is 2. The van der Waals surface area contributed by atoms with Crippen LogP contribution in [-0.4, -0.2) is 34.3 Å². The molecule has 0 aromatic heterocycles. The lowest BCUT2D eigenvalue weighted by Gasteiger charge is -2.26. The Kier molecular flexibility index (Phi) is 4.08. The maximum absolute atomic E-state index is 12.5. The molecule has 1 aliphatic heterocycles. The topological polar surface area (TPSA) is 40.6 Å². The SMILES string of the molecule is CCCN1C(=O)C(C(C)C)N(C2=CCCC=C2)C1=O. The predicted octanol–water partition coefficient (Wildman–Crippen LogP) is 2.92. The van der Waals surface area contributed by atoms with Crippen molar-refractivity contribution in [2.24, 2.45) is 5.92 Å². The number of hydrogen-bond donors (Lipinski definition) is 0. The summed E-state index contributed by atoms with van der Waals surface area (Å²) in [6.45, 7) is 6.47. The van der Waals surface area contributed by atoms with Gasteiger partial charge in [0.1, 0.15) is 6.04 Å². The first kappa shape index (κ1) is 13.8. The normalized spacial score (nSPS) is 23.6. The van der Waals surface area contributed by atoms with Gasteiger partial charge in [0.15, 0.2) is 0 Å². The van der Waals surface area contributed by atoms with Gasteiger partial charge in [-0.1, -0.05) is 32.9 Å². The molecule has 19 heavy (non-hydrogen) atoms. The molecule has 0 N–H and O–H groups in total. The molecule has 1 atom stereocenters. The number of allylic oxidation sites excluding steroid dienone is 3. The van der Waals surface area contributed by atoms with Crippen LogP contribution in [-0.2, 0) is 4.79 Å². The van der Waals surface area contributed by atoms with Crippen LogP contribution in [0.2, 0.25) is 0 Å². The van der Waals surface area contributed by atoms with Crippen LogP contribution in [0.5, 0.6) is 0 Å². The molecule has 3 amide bonds. The number of imide groups is 1. The highest BCUT2D eigenvalue weighted by molar-refractivity contribution is 6.05. The Morgan fingerprint density at radius 1 is 1.32 bits per heavy atom. The smallest absolute Gasteiger partial charge is 0.282 e. The van der Waals surface area contributed by atoms with Gasteiger partial charge >= 0.3 is 6.03 Å². The summed E-state index contributed by atoms with van der Waals surface area (Å²) in [6.07, 6.45) is 8.81. The van der Waals surface area contributed by atoms with Crippen LogP contribution in [0.4, 0.5) is 4.79 Å². The highest BCUT2D eigenvalue weighted by Gasteiger charge is 2.47. The van der Waals surface area contributed by atoms with E-state index in [1.165, 1.54) is 4.90 Å². The molecule has 0 saturated carbocycles. The van der Waals surface area contributed by atoms with Crippen LogP contribution in [0.15, 0.2) is 23.9 Å². The van der Waals surface area contributed by atoms with E-state index in [4.69, 9.17) is 0 Å². The van der Waals surface area contributed by atoms with E-state index in [1.54, 1.807) is 4.90 Å². The van der Waals surface area contributed by atoms with E-state index in [1.807, 2.05) is 26.8 Å². The summed E-state index contributed by atoms with van der Waals surface area (Å²) in [4.78, 5) is 28.0. The summed E-state index contributed by atoms with van der Waals surface area (Å²) in [5.41, 5.74) is 0.877. The molecule has 2 aliphatic rings. The van der Waals surface area contributed by atoms with E-state index >= 15 is 0 Å². The third-order valence-corrected chi connectivity index (χ3v) is 3.57. The second kappa shape index (κ2) is 5.59. The second-order valence-corrected chi connectivity index (χ2v) is 5.44. The molecule has 1 heterocycles. The van der Waals surface area contributed by atoms with Gasteiger partial charge in [-0.2, -0.15) is 0 Å². The summed E-state index contributed by atoms with van der Waals surface area (Å²) in [6, 6.07) is -0.517. The Balaban J connectivity index is 2.33. The van der Waals surface area contributed by atoms with Crippen molar-refractivity contribution in [2.75, 3.05) is 6.54 Å². The summed E-state index contributed by atoms with van der Waals surface area (Å²) in [5, 5.41) is 0. The molecular formula is C15H22N2O2. The summed E-state index contributed by atoms with van der Waals surface area (Å²) < 4.78 is 0. The highest BCUT2D eigenvalue weighted by Crippen LogP contribution is 2.29. The van der Waals surface area contributed by atoms with Gasteiger partial charge in [0.25, 0.3) is 5.91 Å². The fourth-order valence-corrected chi connectivity index (χ4v) is 2.68. The molecule has 0 aromatic carbocycles. The van der Waals surface area contributed by atoms with Crippen LogP contribution < -0.4 is 0 Å². The molecule has 104 valence electrons. The maximum atomic E-state index is 12.5. The first-order valence-electron chi connectivity index (χ1n) is 7.09. The Bertz CT molecular complexity index is 437. The van der Waals surface area contributed by atoms with Gasteiger partial charge in [-0.25, -0.2) is 4.79 Å². The van der Waals surface area contributed by atoms with Gasteiger partial charge in [0, 0.05) is 12.2 Å². The number of carbonyl (C=O) groups is 2. The summed E-state index contributed by atoms with van der Waals surface area (Å²) in [5.74, 6) is 0.0660. The first-order valence-corrected chi connectivity index (χ1v) is 7.09. The van der Waals surface area contributed by atoms with E-state index in [0.717, 1.165) is 25.0 Å². The lowest BCUT2D eigenvalue weighted by atomic mass is 10.0. The Morgan fingerprint density at radius 3 is 2.58 bits per heavy atom. The number of hydrogen-bond acceptors (Lipinski definition) is 2. The molecule has 1 saturated heterocycles. The minimum Gasteiger partial charge on any atom is -0.282 e. The van der Waals surface area contributed by atoms with E-state index in [2.05, 4.69) is 12.2 Å². The average molecular weight is 262 g/mol. The third kappa shape index (κ3) is 2.44. The van der Waals surface area contributed by atoms with Crippen LogP contribution in [0.25, 0.3) is 0 Å². The molecule has 0 spiro atoms. The fourth-order valence-electron chi connectivity index (χ4n) is 2.68. The van der Waals surface area contributed by atoms with E-state index in [9.17, 15) is 9.59 Å². The van der Waals surface area contributed by atoms with Crippen LogP contribution in [0.1, 0.15) is 40.0 Å². The fraction of sp³-hybridized carbons (Fsp3) is 0.600. The zero-order valence-corrected chi connectivity index (χ0v) is 11.9. The van der Waals surface area contributed by atoms with Crippen molar-refractivity contribution >= 4 is 11.9 Å². The number of carbonyl (C=O) groups excluding carboxylic acids is 2. The zero-order chi connectivity index (χ0) is 14.0. The van der Waals surface area contributed by atoms with Gasteiger partial charge in [-0.3, -0.25) is 14.6 Å². The van der Waals surface area contributed by atoms with Crippen molar-refractivity contribution in [3.63, 3.8) is 0 Å². The largest absolute Gasteiger partial charge is 0.331 e. The zero-order valence-electron chi connectivity index (χ0n) is 11.9. The summed E-state index contributed by atoms with van der Waals surface area (Å²) >= 11 is 0. The van der Waals surface area contributed by atoms with Gasteiger partial charge in [-0.05, 0) is 31.3 Å². The lowest BCUT2D eigenvalue weighted by Crippen LogP contribution is -2.38. The van der Waals surface area contributed by atoms with Gasteiger partial charge in [0.2, 0.25) is 0 Å². The predicted molar refractivity (Wildman–Crippen MR) is 74.3 cm³/mol. The lowest BCUT2D eigenvalue weighted by molar-refractivity contribution is -0.129. The van der Waals surface area contributed by atoms with Gasteiger partial charge in [-0.15, -0.1) is 0 Å². The average Bonchev–Trinajstić information content (AvgIpc) is 2.64. The molecule has 0 bridgehead atoms. The first-order chi connectivity index (χ1) is 9.07. The molecule has 0 aromatic rings. The van der Waals surface area contributed by atoms with E-state index in [0.29, 0.717) is 6.54 Å². The van der Waals surface area contributed by atoms with Gasteiger partial charge < -0.3 is 0 Å². The van der Waals surface area contributed by atoms with Crippen molar-refractivity contribution < 1.29 is 9.59 Å². The van der Waals surface area contributed by atoms with Crippen LogP contribution in [0, 0.1) is 5.92 Å². The minimum absolute atomic E-state index is 0.0540. The second-order valence-electron chi connectivity index (χ2n) is 5.44. The van der Waals surface area contributed by atoms with E-state index < -0.39 is 0 Å². The molecule has 2 rings (SSSR count). The number of amides is 3. The van der Waals surface area contributed by atoms with Crippen LogP contribution in [0.3, 0.4) is 0 Å². The van der Waals surface area contributed by atoms with E-state index in [-0.39, 0.29) is 23.9 Å². The molecule has 1 fully saturated rings. The molecule has 1 unspecified atom stereocenters. The monoisotopic (exact) mass is 262 g/mol. The Morgan fingerprint density at radius 2 is 2.05 bits per heavy atom. The minimum atomic E-state index is -0.354. The van der Waals surface area contributed by atoms with Crippen molar-refractivity contribution in [1.29, 1.82) is 0 Å². The molecule has 4 nitrogen and oxygen atoms in total. The summed E-state index contributed by atoms with van der Waals surface area (Å²) in [7, 11) is 0.